The van der Waals surface area contributed by atoms with Gasteiger partial charge in [0.15, 0.2) is 11.6 Å². The van der Waals surface area contributed by atoms with Gasteiger partial charge in [0.1, 0.15) is 0 Å². The number of rotatable bonds is 3. The average Bonchev–Trinajstić information content (AvgIpc) is 1.61. The summed E-state index contributed by atoms with van der Waals surface area (Å²) in [6.45, 7) is 1.63. The van der Waals surface area contributed by atoms with Crippen molar-refractivity contribution >= 4 is 23.2 Å². The highest BCUT2D eigenvalue weighted by Crippen LogP contribution is 1.95. The van der Waals surface area contributed by atoms with Crippen LogP contribution in [-0.2, 0) is 9.78 Å². The van der Waals surface area contributed by atoms with E-state index in [1.54, 1.807) is 6.92 Å². The second-order valence-electron chi connectivity index (χ2n) is 0.866. The first kappa shape index (κ1) is 7.50. The van der Waals surface area contributed by atoms with E-state index in [-0.39, 0.29) is 6.07 Å². The number of hydrogen-bond acceptors (Lipinski definition) is 2. The van der Waals surface area contributed by atoms with Crippen LogP contribution in [0.25, 0.3) is 0 Å². The lowest BCUT2D eigenvalue weighted by atomic mass is 10.9. The first-order chi connectivity index (χ1) is 3.27. The zero-order valence-corrected chi connectivity index (χ0v) is 5.37. The van der Waals surface area contributed by atoms with Gasteiger partial charge in [-0.2, -0.15) is 0 Å². The minimum atomic E-state index is -0.432. The van der Waals surface area contributed by atoms with E-state index in [1.807, 2.05) is 0 Å². The monoisotopic (exact) mass is 144 g/mol. The normalized spacial score (nSPS) is 14.1. The molecule has 0 aromatic carbocycles. The molecule has 0 rings (SSSR count). The molecular formula is C3H6Cl2O2. The van der Waals surface area contributed by atoms with E-state index in [9.17, 15) is 0 Å². The molecule has 0 aromatic heterocycles. The average molecular weight is 145 g/mol. The topological polar surface area (TPSA) is 18.5 Å². The molecule has 0 N–H and O–H groups in total. The van der Waals surface area contributed by atoms with Crippen LogP contribution in [0.5, 0.6) is 0 Å². The molecule has 0 saturated carbocycles. The maximum absolute atomic E-state index is 5.25. The highest BCUT2D eigenvalue weighted by molar-refractivity contribution is 6.19. The molecule has 0 aliphatic rings. The fourth-order valence-corrected chi connectivity index (χ4v) is 0.222. The molecule has 0 aliphatic carbocycles. The van der Waals surface area contributed by atoms with Crippen molar-refractivity contribution in [1.29, 1.82) is 0 Å². The summed E-state index contributed by atoms with van der Waals surface area (Å²) in [6, 6.07) is 0.0110. The van der Waals surface area contributed by atoms with Crippen LogP contribution < -0.4 is 0 Å². The SMILES string of the molecule is CC(Cl)OOCCl. The van der Waals surface area contributed by atoms with Crippen LogP contribution in [0.1, 0.15) is 6.92 Å². The van der Waals surface area contributed by atoms with E-state index in [4.69, 9.17) is 23.2 Å². The summed E-state index contributed by atoms with van der Waals surface area (Å²) in [7, 11) is 0. The van der Waals surface area contributed by atoms with E-state index >= 15 is 0 Å². The van der Waals surface area contributed by atoms with Crippen LogP contribution in [0.2, 0.25) is 0 Å². The third-order valence-corrected chi connectivity index (χ3v) is 0.407. The molecular weight excluding hydrogens is 139 g/mol. The Kier molecular flexibility index (Phi) is 4.99. The molecule has 1 atom stereocenters. The smallest absolute Gasteiger partial charge is 0.163 e. The fourth-order valence-electron chi connectivity index (χ4n) is 0.119. The highest BCUT2D eigenvalue weighted by atomic mass is 35.5. The lowest BCUT2D eigenvalue weighted by Gasteiger charge is -1.99. The van der Waals surface area contributed by atoms with E-state index < -0.39 is 5.56 Å². The number of hydrogen-bond donors (Lipinski definition) is 0. The fraction of sp³-hybridized carbons (Fsp3) is 1.00. The molecule has 0 saturated heterocycles. The summed E-state index contributed by atoms with van der Waals surface area (Å²) >= 11 is 10.3. The van der Waals surface area contributed by atoms with Gasteiger partial charge in [-0.05, 0) is 6.92 Å². The van der Waals surface area contributed by atoms with Crippen molar-refractivity contribution in [1.82, 2.24) is 0 Å². The molecule has 0 fully saturated rings. The van der Waals surface area contributed by atoms with Crippen molar-refractivity contribution in [3.8, 4) is 0 Å². The van der Waals surface area contributed by atoms with E-state index in [0.29, 0.717) is 0 Å². The van der Waals surface area contributed by atoms with E-state index in [2.05, 4.69) is 9.78 Å². The molecule has 0 aromatic rings. The van der Waals surface area contributed by atoms with Crippen molar-refractivity contribution in [2.45, 2.75) is 12.5 Å². The zero-order valence-electron chi connectivity index (χ0n) is 3.86. The quantitative estimate of drug-likeness (QED) is 0.342. The molecule has 0 heterocycles. The van der Waals surface area contributed by atoms with Crippen molar-refractivity contribution in [2.24, 2.45) is 0 Å². The van der Waals surface area contributed by atoms with Crippen LogP contribution in [0, 0.1) is 0 Å². The predicted molar refractivity (Wildman–Crippen MR) is 28.2 cm³/mol. The Labute approximate surface area is 52.2 Å². The summed E-state index contributed by atoms with van der Waals surface area (Å²) in [5.41, 5.74) is -0.432. The molecule has 2 nitrogen and oxygen atoms in total. The first-order valence-electron chi connectivity index (χ1n) is 1.75. The number of halogens is 2. The Morgan fingerprint density at radius 3 is 2.43 bits per heavy atom. The van der Waals surface area contributed by atoms with Gasteiger partial charge in [0.05, 0.1) is 0 Å². The van der Waals surface area contributed by atoms with Gasteiger partial charge >= 0.3 is 0 Å². The minimum absolute atomic E-state index is 0.0110. The highest BCUT2D eigenvalue weighted by Gasteiger charge is 1.91. The van der Waals surface area contributed by atoms with E-state index in [0.717, 1.165) is 0 Å². The van der Waals surface area contributed by atoms with Crippen LogP contribution in [0.3, 0.4) is 0 Å². The molecule has 0 aliphatic heterocycles. The van der Waals surface area contributed by atoms with Crippen LogP contribution in [-0.4, -0.2) is 11.6 Å². The third kappa shape index (κ3) is 6.50. The molecule has 0 amide bonds. The Balaban J connectivity index is 2.68. The lowest BCUT2D eigenvalue weighted by molar-refractivity contribution is -0.288. The van der Waals surface area contributed by atoms with Crippen molar-refractivity contribution in [3.63, 3.8) is 0 Å². The minimum Gasteiger partial charge on any atom is -0.219 e. The summed E-state index contributed by atoms with van der Waals surface area (Å²) < 4.78 is 0. The summed E-state index contributed by atoms with van der Waals surface area (Å²) in [5.74, 6) is 0. The second-order valence-corrected chi connectivity index (χ2v) is 1.70. The van der Waals surface area contributed by atoms with Crippen LogP contribution in [0.15, 0.2) is 0 Å². The van der Waals surface area contributed by atoms with Crippen molar-refractivity contribution in [2.75, 3.05) is 6.07 Å². The van der Waals surface area contributed by atoms with Crippen molar-refractivity contribution < 1.29 is 9.78 Å². The van der Waals surface area contributed by atoms with Crippen LogP contribution >= 0.6 is 23.2 Å². The van der Waals surface area contributed by atoms with Gasteiger partial charge in [-0.25, -0.2) is 9.78 Å². The predicted octanol–water partition coefficient (Wildman–Crippen LogP) is 1.72. The molecule has 44 valence electrons. The lowest BCUT2D eigenvalue weighted by Crippen LogP contribution is -1.98. The van der Waals surface area contributed by atoms with Gasteiger partial charge in [0.25, 0.3) is 0 Å². The second kappa shape index (κ2) is 4.65. The Hall–Kier alpha value is 0.500. The third-order valence-electron chi connectivity index (χ3n) is 0.245. The van der Waals surface area contributed by atoms with Crippen LogP contribution in [0.4, 0.5) is 0 Å². The van der Waals surface area contributed by atoms with Gasteiger partial charge in [-0.3, -0.25) is 0 Å². The Morgan fingerprint density at radius 1 is 1.71 bits per heavy atom. The summed E-state index contributed by atoms with van der Waals surface area (Å²) in [6.07, 6.45) is 0. The van der Waals surface area contributed by atoms with Gasteiger partial charge in [-0.15, -0.1) is 0 Å². The van der Waals surface area contributed by atoms with Gasteiger partial charge in [-0.1, -0.05) is 23.2 Å². The molecule has 0 spiro atoms. The van der Waals surface area contributed by atoms with Crippen molar-refractivity contribution in [3.05, 3.63) is 0 Å². The zero-order chi connectivity index (χ0) is 5.70. The van der Waals surface area contributed by atoms with Gasteiger partial charge in [0.2, 0.25) is 0 Å². The molecule has 7 heavy (non-hydrogen) atoms. The van der Waals surface area contributed by atoms with Gasteiger partial charge in [0, 0.05) is 0 Å². The molecule has 4 heteroatoms. The molecule has 0 bridgehead atoms. The first-order valence-corrected chi connectivity index (χ1v) is 2.72. The standard InChI is InChI=1S/C3H6Cl2O2/c1-3(5)7-6-2-4/h3H,2H2,1H3. The maximum Gasteiger partial charge on any atom is 0.163 e. The van der Waals surface area contributed by atoms with E-state index in [1.165, 1.54) is 0 Å². The molecule has 0 radical (unpaired) electrons. The summed E-state index contributed by atoms with van der Waals surface area (Å²) in [4.78, 5) is 8.55. The number of alkyl halides is 2. The van der Waals surface area contributed by atoms with Gasteiger partial charge < -0.3 is 0 Å². The largest absolute Gasteiger partial charge is 0.219 e. The summed E-state index contributed by atoms with van der Waals surface area (Å²) in [5, 5.41) is 0. The molecule has 1 unspecified atom stereocenters. The maximum atomic E-state index is 5.25. The Bertz CT molecular complexity index is 39.9. The Morgan fingerprint density at radius 2 is 2.29 bits per heavy atom.